The van der Waals surface area contributed by atoms with E-state index in [0.29, 0.717) is 5.39 Å². The van der Waals surface area contributed by atoms with Crippen LogP contribution >= 0.6 is 0 Å². The van der Waals surface area contributed by atoms with Crippen LogP contribution in [0.5, 0.6) is 0 Å². The standard InChI is InChI=1S/C24H21N3O3/c1-16(30-24(29)22-19-14-8-9-15-20(19)26-27-22)23(28)25-21(17-10-4-2-5-11-17)18-12-6-3-7-13-18/h2-16,21H,1H3,(H,25,28)(H,26,27)/t16-/m1/s1. The number of carbonyl (C=O) groups excluding carboxylic acids is 2. The third-order valence-corrected chi connectivity index (χ3v) is 4.87. The second kappa shape index (κ2) is 8.61. The van der Waals surface area contributed by atoms with Crippen LogP contribution in [-0.4, -0.2) is 28.2 Å². The summed E-state index contributed by atoms with van der Waals surface area (Å²) in [6.45, 7) is 1.55. The molecule has 1 amide bonds. The number of amides is 1. The molecule has 1 atom stereocenters. The van der Waals surface area contributed by atoms with Crippen molar-refractivity contribution >= 4 is 22.8 Å². The molecular weight excluding hydrogens is 378 g/mol. The van der Waals surface area contributed by atoms with Crippen LogP contribution in [0.15, 0.2) is 84.9 Å². The first-order valence-electron chi connectivity index (χ1n) is 9.68. The van der Waals surface area contributed by atoms with Gasteiger partial charge in [-0.15, -0.1) is 0 Å². The summed E-state index contributed by atoms with van der Waals surface area (Å²) in [5.74, 6) is -1.04. The summed E-state index contributed by atoms with van der Waals surface area (Å²) in [5.41, 5.74) is 2.77. The van der Waals surface area contributed by atoms with E-state index < -0.39 is 12.1 Å². The molecular formula is C24H21N3O3. The predicted octanol–water partition coefficient (Wildman–Crippen LogP) is 4.01. The van der Waals surface area contributed by atoms with Crippen molar-refractivity contribution < 1.29 is 14.3 Å². The summed E-state index contributed by atoms with van der Waals surface area (Å²) in [6, 6.07) is 26.2. The number of nitrogens with one attached hydrogen (secondary N) is 2. The number of esters is 1. The molecule has 1 aromatic heterocycles. The Labute approximate surface area is 173 Å². The normalized spacial score (nSPS) is 11.9. The van der Waals surface area contributed by atoms with Crippen LogP contribution in [0.2, 0.25) is 0 Å². The van der Waals surface area contributed by atoms with Gasteiger partial charge >= 0.3 is 5.97 Å². The number of ether oxygens (including phenoxy) is 1. The van der Waals surface area contributed by atoms with Crippen molar-refractivity contribution in [2.24, 2.45) is 0 Å². The average molecular weight is 399 g/mol. The first-order chi connectivity index (χ1) is 14.6. The summed E-state index contributed by atoms with van der Waals surface area (Å²) >= 11 is 0. The fourth-order valence-electron chi connectivity index (χ4n) is 3.30. The molecule has 3 aromatic carbocycles. The molecule has 0 bridgehead atoms. The van der Waals surface area contributed by atoms with Gasteiger partial charge in [0.25, 0.3) is 5.91 Å². The number of H-pyrrole nitrogens is 1. The van der Waals surface area contributed by atoms with Crippen LogP contribution in [0.4, 0.5) is 0 Å². The molecule has 0 aliphatic heterocycles. The largest absolute Gasteiger partial charge is 0.448 e. The Bertz CT molecular complexity index is 1120. The van der Waals surface area contributed by atoms with E-state index in [2.05, 4.69) is 15.5 Å². The first-order valence-corrected chi connectivity index (χ1v) is 9.68. The van der Waals surface area contributed by atoms with Crippen molar-refractivity contribution in [3.63, 3.8) is 0 Å². The average Bonchev–Trinajstić information content (AvgIpc) is 3.23. The zero-order valence-electron chi connectivity index (χ0n) is 16.4. The summed E-state index contributed by atoms with van der Waals surface area (Å²) in [4.78, 5) is 25.4. The number of rotatable bonds is 6. The molecule has 150 valence electrons. The molecule has 0 radical (unpaired) electrons. The van der Waals surface area contributed by atoms with E-state index in [-0.39, 0.29) is 17.6 Å². The number of benzene rings is 3. The number of hydrogen-bond donors (Lipinski definition) is 2. The molecule has 0 saturated carbocycles. The van der Waals surface area contributed by atoms with Gasteiger partial charge in [0, 0.05) is 5.39 Å². The molecule has 0 spiro atoms. The minimum Gasteiger partial charge on any atom is -0.448 e. The third kappa shape index (κ3) is 4.07. The number of aromatic amines is 1. The molecule has 4 aromatic rings. The molecule has 6 nitrogen and oxygen atoms in total. The molecule has 0 aliphatic carbocycles. The Morgan fingerprint density at radius 3 is 2.07 bits per heavy atom. The van der Waals surface area contributed by atoms with Gasteiger partial charge in [-0.1, -0.05) is 78.9 Å². The van der Waals surface area contributed by atoms with Crippen molar-refractivity contribution in [2.75, 3.05) is 0 Å². The van der Waals surface area contributed by atoms with E-state index in [1.165, 1.54) is 0 Å². The molecule has 0 fully saturated rings. The first kappa shape index (κ1) is 19.4. The zero-order chi connectivity index (χ0) is 20.9. The van der Waals surface area contributed by atoms with E-state index in [4.69, 9.17) is 4.74 Å². The summed E-state index contributed by atoms with van der Waals surface area (Å²) in [5, 5.41) is 10.5. The highest BCUT2D eigenvalue weighted by Crippen LogP contribution is 2.22. The lowest BCUT2D eigenvalue weighted by atomic mass is 9.98. The summed E-state index contributed by atoms with van der Waals surface area (Å²) < 4.78 is 5.40. The second-order valence-corrected chi connectivity index (χ2v) is 6.93. The smallest absolute Gasteiger partial charge is 0.360 e. The van der Waals surface area contributed by atoms with E-state index in [1.807, 2.05) is 78.9 Å². The van der Waals surface area contributed by atoms with Crippen molar-refractivity contribution in [3.05, 3.63) is 102 Å². The second-order valence-electron chi connectivity index (χ2n) is 6.93. The highest BCUT2D eigenvalue weighted by molar-refractivity contribution is 6.02. The fourth-order valence-corrected chi connectivity index (χ4v) is 3.30. The highest BCUT2D eigenvalue weighted by Gasteiger charge is 2.25. The summed E-state index contributed by atoms with van der Waals surface area (Å²) in [7, 11) is 0. The quantitative estimate of drug-likeness (QED) is 0.480. The number of aromatic nitrogens is 2. The maximum Gasteiger partial charge on any atom is 0.360 e. The van der Waals surface area contributed by atoms with Gasteiger partial charge in [0.2, 0.25) is 0 Å². The van der Waals surface area contributed by atoms with Gasteiger partial charge < -0.3 is 10.1 Å². The fraction of sp³-hybridized carbons (Fsp3) is 0.125. The minimum atomic E-state index is -0.983. The molecule has 30 heavy (non-hydrogen) atoms. The summed E-state index contributed by atoms with van der Waals surface area (Å²) in [6.07, 6.45) is -0.983. The van der Waals surface area contributed by atoms with Crippen molar-refractivity contribution in [2.45, 2.75) is 19.1 Å². The molecule has 1 heterocycles. The molecule has 6 heteroatoms. The lowest BCUT2D eigenvalue weighted by Gasteiger charge is -2.22. The third-order valence-electron chi connectivity index (χ3n) is 4.87. The lowest BCUT2D eigenvalue weighted by Crippen LogP contribution is -2.38. The van der Waals surface area contributed by atoms with Crippen LogP contribution in [0.3, 0.4) is 0 Å². The van der Waals surface area contributed by atoms with Crippen molar-refractivity contribution in [1.82, 2.24) is 15.5 Å². The van der Waals surface area contributed by atoms with E-state index >= 15 is 0 Å². The van der Waals surface area contributed by atoms with Crippen LogP contribution < -0.4 is 5.32 Å². The Balaban J connectivity index is 1.50. The monoisotopic (exact) mass is 399 g/mol. The topological polar surface area (TPSA) is 84.1 Å². The Hall–Kier alpha value is -3.93. The SMILES string of the molecule is C[C@@H](OC(=O)c1n[nH]c2ccccc12)C(=O)NC(c1ccccc1)c1ccccc1. The van der Waals surface area contributed by atoms with Crippen molar-refractivity contribution in [1.29, 1.82) is 0 Å². The molecule has 0 saturated heterocycles. The van der Waals surface area contributed by atoms with Gasteiger partial charge in [0.15, 0.2) is 11.8 Å². The molecule has 0 unspecified atom stereocenters. The van der Waals surface area contributed by atoms with Crippen LogP contribution in [0, 0.1) is 0 Å². The molecule has 0 aliphatic rings. The van der Waals surface area contributed by atoms with Crippen LogP contribution in [0.25, 0.3) is 10.9 Å². The van der Waals surface area contributed by atoms with E-state index in [0.717, 1.165) is 16.6 Å². The van der Waals surface area contributed by atoms with Gasteiger partial charge in [0.05, 0.1) is 11.6 Å². The number of hydrogen-bond acceptors (Lipinski definition) is 4. The number of fused-ring (bicyclic) bond motifs is 1. The maximum absolute atomic E-state index is 12.9. The Morgan fingerprint density at radius 2 is 1.43 bits per heavy atom. The van der Waals surface area contributed by atoms with Gasteiger partial charge in [-0.05, 0) is 24.1 Å². The predicted molar refractivity (Wildman–Crippen MR) is 114 cm³/mol. The lowest BCUT2D eigenvalue weighted by molar-refractivity contribution is -0.129. The van der Waals surface area contributed by atoms with Gasteiger partial charge in [0.1, 0.15) is 0 Å². The van der Waals surface area contributed by atoms with Gasteiger partial charge in [-0.2, -0.15) is 5.10 Å². The number of carbonyl (C=O) groups is 2. The molecule has 2 N–H and O–H groups in total. The molecule has 4 rings (SSSR count). The number of nitrogens with zero attached hydrogens (tertiary/aromatic N) is 1. The minimum absolute atomic E-state index is 0.160. The van der Waals surface area contributed by atoms with E-state index in [1.54, 1.807) is 13.0 Å². The van der Waals surface area contributed by atoms with E-state index in [9.17, 15) is 9.59 Å². The number of para-hydroxylation sites is 1. The Kier molecular flexibility index (Phi) is 5.57. The van der Waals surface area contributed by atoms with Gasteiger partial charge in [-0.25, -0.2) is 4.79 Å². The van der Waals surface area contributed by atoms with Crippen LogP contribution in [0.1, 0.15) is 34.6 Å². The zero-order valence-corrected chi connectivity index (χ0v) is 16.4. The van der Waals surface area contributed by atoms with Crippen LogP contribution in [-0.2, 0) is 9.53 Å². The Morgan fingerprint density at radius 1 is 0.867 bits per heavy atom. The van der Waals surface area contributed by atoms with Gasteiger partial charge in [-0.3, -0.25) is 9.89 Å². The highest BCUT2D eigenvalue weighted by atomic mass is 16.5. The van der Waals surface area contributed by atoms with Crippen molar-refractivity contribution in [3.8, 4) is 0 Å². The maximum atomic E-state index is 12.9.